The molecule has 0 aliphatic carbocycles. The van der Waals surface area contributed by atoms with Gasteiger partial charge in [-0.15, -0.1) is 5.10 Å². The lowest BCUT2D eigenvalue weighted by atomic mass is 10.2. The summed E-state index contributed by atoms with van der Waals surface area (Å²) in [7, 11) is 1.88. The van der Waals surface area contributed by atoms with Crippen LogP contribution in [0.5, 0.6) is 0 Å². The first-order valence-corrected chi connectivity index (χ1v) is 8.09. The average molecular weight is 322 g/mol. The minimum absolute atomic E-state index is 0.0292. The van der Waals surface area contributed by atoms with Gasteiger partial charge in [-0.2, -0.15) is 0 Å². The molecule has 0 amide bonds. The van der Waals surface area contributed by atoms with Crippen molar-refractivity contribution in [2.45, 2.75) is 26.1 Å². The smallest absolute Gasteiger partial charge is 0.318 e. The van der Waals surface area contributed by atoms with E-state index in [0.717, 1.165) is 0 Å². The highest BCUT2D eigenvalue weighted by Crippen LogP contribution is 2.21. The molecule has 1 heterocycles. The van der Waals surface area contributed by atoms with Gasteiger partial charge in [0.05, 0.1) is 6.04 Å². The Bertz CT molecular complexity index is 701. The van der Waals surface area contributed by atoms with Crippen LogP contribution < -0.4 is 10.2 Å². The first-order valence-electron chi connectivity index (χ1n) is 8.09. The van der Waals surface area contributed by atoms with Crippen LogP contribution in [0, 0.1) is 0 Å². The van der Waals surface area contributed by atoms with E-state index in [4.69, 9.17) is 4.42 Å². The molecule has 3 rings (SSSR count). The molecule has 0 aliphatic heterocycles. The van der Waals surface area contributed by atoms with Crippen molar-refractivity contribution in [3.63, 3.8) is 0 Å². The third kappa shape index (κ3) is 4.00. The highest BCUT2D eigenvalue weighted by molar-refractivity contribution is 5.31. The summed E-state index contributed by atoms with van der Waals surface area (Å²) in [6, 6.07) is 21.2. The zero-order chi connectivity index (χ0) is 16.8. The largest absolute Gasteiger partial charge is 0.406 e. The number of aromatic nitrogens is 2. The summed E-state index contributed by atoms with van der Waals surface area (Å²) >= 11 is 0. The Hall–Kier alpha value is -2.66. The van der Waals surface area contributed by atoms with Gasteiger partial charge < -0.3 is 14.6 Å². The van der Waals surface area contributed by atoms with Crippen LogP contribution in [0.25, 0.3) is 0 Å². The van der Waals surface area contributed by atoms with Gasteiger partial charge in [-0.3, -0.25) is 0 Å². The number of rotatable bonds is 7. The second kappa shape index (κ2) is 7.75. The maximum Gasteiger partial charge on any atom is 0.318 e. The topological polar surface area (TPSA) is 54.2 Å². The maximum atomic E-state index is 5.88. The second-order valence-corrected chi connectivity index (χ2v) is 5.76. The van der Waals surface area contributed by atoms with E-state index in [1.807, 2.05) is 50.4 Å². The summed E-state index contributed by atoms with van der Waals surface area (Å²) in [5.74, 6) is 0.596. The summed E-state index contributed by atoms with van der Waals surface area (Å²) in [6.45, 7) is 3.42. The highest BCUT2D eigenvalue weighted by atomic mass is 16.4. The van der Waals surface area contributed by atoms with Crippen LogP contribution in [0.3, 0.4) is 0 Å². The zero-order valence-electron chi connectivity index (χ0n) is 14.0. The van der Waals surface area contributed by atoms with E-state index in [0.29, 0.717) is 25.0 Å². The Labute approximate surface area is 142 Å². The van der Waals surface area contributed by atoms with Crippen molar-refractivity contribution < 1.29 is 4.42 Å². The molecule has 0 fully saturated rings. The average Bonchev–Trinajstić information content (AvgIpc) is 3.12. The summed E-state index contributed by atoms with van der Waals surface area (Å²) < 4.78 is 5.88. The van der Waals surface area contributed by atoms with Crippen LogP contribution in [-0.2, 0) is 13.1 Å². The molecule has 0 spiro atoms. The molecular formula is C19H22N4O. The molecule has 1 aromatic heterocycles. The Morgan fingerprint density at radius 1 is 0.917 bits per heavy atom. The minimum atomic E-state index is 0.0292. The number of hydrogen-bond acceptors (Lipinski definition) is 5. The molecule has 0 aliphatic rings. The molecule has 1 N–H and O–H groups in total. The Morgan fingerprint density at radius 3 is 1.96 bits per heavy atom. The molecule has 0 saturated carbocycles. The summed E-state index contributed by atoms with van der Waals surface area (Å²) in [5, 5.41) is 11.5. The number of hydrogen-bond donors (Lipinski definition) is 1. The first-order chi connectivity index (χ1) is 11.8. The molecule has 24 heavy (non-hydrogen) atoms. The molecule has 0 radical (unpaired) electrons. The van der Waals surface area contributed by atoms with Crippen LogP contribution in [0.4, 0.5) is 6.01 Å². The van der Waals surface area contributed by atoms with E-state index in [9.17, 15) is 0 Å². The Balaban J connectivity index is 1.85. The predicted molar refractivity (Wildman–Crippen MR) is 94.5 cm³/mol. The number of benzene rings is 2. The minimum Gasteiger partial charge on any atom is -0.406 e. The standard InChI is InChI=1S/C19H22N4O/c1-15(20-2)18-21-22-19(24-18)23(13-16-9-5-3-6-10-16)14-17-11-7-4-8-12-17/h3-12,15,20H,13-14H2,1-2H3. The fourth-order valence-corrected chi connectivity index (χ4v) is 2.45. The highest BCUT2D eigenvalue weighted by Gasteiger charge is 2.18. The fraction of sp³-hybridized carbons (Fsp3) is 0.263. The molecule has 5 nitrogen and oxygen atoms in total. The molecule has 1 unspecified atom stereocenters. The van der Waals surface area contributed by atoms with Gasteiger partial charge in [0.1, 0.15) is 0 Å². The Kier molecular flexibility index (Phi) is 5.23. The van der Waals surface area contributed by atoms with E-state index < -0.39 is 0 Å². The predicted octanol–water partition coefficient (Wildman–Crippen LogP) is 3.56. The lowest BCUT2D eigenvalue weighted by Crippen LogP contribution is -2.22. The molecule has 124 valence electrons. The van der Waals surface area contributed by atoms with Gasteiger partial charge >= 0.3 is 6.01 Å². The summed E-state index contributed by atoms with van der Waals surface area (Å²) in [4.78, 5) is 2.10. The number of nitrogens with one attached hydrogen (secondary N) is 1. The van der Waals surface area contributed by atoms with Crippen molar-refractivity contribution in [3.05, 3.63) is 77.7 Å². The number of nitrogens with zero attached hydrogens (tertiary/aromatic N) is 3. The monoisotopic (exact) mass is 322 g/mol. The van der Waals surface area contributed by atoms with Gasteiger partial charge in [-0.05, 0) is 25.1 Å². The van der Waals surface area contributed by atoms with E-state index in [2.05, 4.69) is 44.7 Å². The normalized spacial score (nSPS) is 12.1. The van der Waals surface area contributed by atoms with Crippen molar-refractivity contribution in [2.75, 3.05) is 11.9 Å². The van der Waals surface area contributed by atoms with Crippen LogP contribution in [0.2, 0.25) is 0 Å². The van der Waals surface area contributed by atoms with E-state index in [-0.39, 0.29) is 6.04 Å². The van der Waals surface area contributed by atoms with Crippen molar-refractivity contribution in [3.8, 4) is 0 Å². The molecule has 3 aromatic rings. The Morgan fingerprint density at radius 2 is 1.46 bits per heavy atom. The molecular weight excluding hydrogens is 300 g/mol. The van der Waals surface area contributed by atoms with Crippen LogP contribution in [-0.4, -0.2) is 17.2 Å². The van der Waals surface area contributed by atoms with Gasteiger partial charge in [-0.25, -0.2) is 0 Å². The van der Waals surface area contributed by atoms with Gasteiger partial charge in [0.25, 0.3) is 0 Å². The summed E-state index contributed by atoms with van der Waals surface area (Å²) in [6.07, 6.45) is 0. The third-order valence-electron chi connectivity index (χ3n) is 3.94. The molecule has 0 bridgehead atoms. The molecule has 2 aromatic carbocycles. The van der Waals surface area contributed by atoms with Gasteiger partial charge in [0, 0.05) is 13.1 Å². The zero-order valence-corrected chi connectivity index (χ0v) is 14.0. The van der Waals surface area contributed by atoms with Crippen molar-refractivity contribution in [1.82, 2.24) is 15.5 Å². The van der Waals surface area contributed by atoms with E-state index >= 15 is 0 Å². The lowest BCUT2D eigenvalue weighted by Gasteiger charge is -2.20. The first kappa shape index (κ1) is 16.2. The van der Waals surface area contributed by atoms with Crippen molar-refractivity contribution >= 4 is 6.01 Å². The van der Waals surface area contributed by atoms with Gasteiger partial charge in [0.15, 0.2) is 0 Å². The fourth-order valence-electron chi connectivity index (χ4n) is 2.45. The number of anilines is 1. The van der Waals surface area contributed by atoms with Crippen LogP contribution in [0.15, 0.2) is 65.1 Å². The van der Waals surface area contributed by atoms with Crippen LogP contribution in [0.1, 0.15) is 30.0 Å². The van der Waals surface area contributed by atoms with E-state index in [1.54, 1.807) is 0 Å². The summed E-state index contributed by atoms with van der Waals surface area (Å²) in [5.41, 5.74) is 2.41. The SMILES string of the molecule is CNC(C)c1nnc(N(Cc2ccccc2)Cc2ccccc2)o1. The lowest BCUT2D eigenvalue weighted by molar-refractivity contribution is 0.428. The van der Waals surface area contributed by atoms with Crippen molar-refractivity contribution in [1.29, 1.82) is 0 Å². The van der Waals surface area contributed by atoms with Gasteiger partial charge in [0.2, 0.25) is 5.89 Å². The third-order valence-corrected chi connectivity index (χ3v) is 3.94. The molecule has 1 atom stereocenters. The molecule has 0 saturated heterocycles. The van der Waals surface area contributed by atoms with E-state index in [1.165, 1.54) is 11.1 Å². The molecule has 5 heteroatoms. The maximum absolute atomic E-state index is 5.88. The quantitative estimate of drug-likeness (QED) is 0.721. The van der Waals surface area contributed by atoms with Gasteiger partial charge in [-0.1, -0.05) is 65.8 Å². The van der Waals surface area contributed by atoms with Crippen LogP contribution >= 0.6 is 0 Å². The second-order valence-electron chi connectivity index (χ2n) is 5.76. The van der Waals surface area contributed by atoms with Crippen molar-refractivity contribution in [2.24, 2.45) is 0 Å².